The minimum Gasteiger partial charge on any atom is -0.410 e. The average molecular weight is 225 g/mol. The number of hydrogen-bond donors (Lipinski definition) is 3. The summed E-state index contributed by atoms with van der Waals surface area (Å²) in [5.74, 6) is 0. The molecule has 17 heavy (non-hydrogen) atoms. The van der Waals surface area contributed by atoms with Gasteiger partial charge in [0.1, 0.15) is 5.71 Å². The largest absolute Gasteiger partial charge is 0.410 e. The highest BCUT2D eigenvalue weighted by atomic mass is 16.4. The molecule has 0 unspecified atom stereocenters. The minimum absolute atomic E-state index is 0.523. The molecule has 0 amide bonds. The van der Waals surface area contributed by atoms with Crippen LogP contribution < -0.4 is 11.5 Å². The second-order valence-corrected chi connectivity index (χ2v) is 4.06. The van der Waals surface area contributed by atoms with Crippen molar-refractivity contribution in [3.05, 3.63) is 47.5 Å². The van der Waals surface area contributed by atoms with E-state index in [4.69, 9.17) is 16.7 Å². The van der Waals surface area contributed by atoms with Crippen molar-refractivity contribution in [2.45, 2.75) is 0 Å². The van der Waals surface area contributed by atoms with Crippen molar-refractivity contribution >= 4 is 17.1 Å². The van der Waals surface area contributed by atoms with E-state index in [1.165, 1.54) is 0 Å². The summed E-state index contributed by atoms with van der Waals surface area (Å²) in [4.78, 5) is 0. The van der Waals surface area contributed by atoms with Gasteiger partial charge in [0, 0.05) is 22.5 Å². The molecular weight excluding hydrogens is 214 g/mol. The number of nitrogen functional groups attached to an aromatic ring is 2. The van der Waals surface area contributed by atoms with Gasteiger partial charge in [-0.2, -0.15) is 0 Å². The van der Waals surface area contributed by atoms with Gasteiger partial charge in [-0.05, 0) is 35.4 Å². The van der Waals surface area contributed by atoms with Gasteiger partial charge in [0.2, 0.25) is 0 Å². The summed E-state index contributed by atoms with van der Waals surface area (Å²) < 4.78 is 0. The highest BCUT2D eigenvalue weighted by molar-refractivity contribution is 6.24. The van der Waals surface area contributed by atoms with E-state index in [-0.39, 0.29) is 0 Å². The summed E-state index contributed by atoms with van der Waals surface area (Å²) >= 11 is 0. The summed E-state index contributed by atoms with van der Waals surface area (Å²) in [6, 6.07) is 11.1. The van der Waals surface area contributed by atoms with Crippen LogP contribution in [-0.2, 0) is 0 Å². The Morgan fingerprint density at radius 1 is 0.765 bits per heavy atom. The summed E-state index contributed by atoms with van der Waals surface area (Å²) in [6.07, 6.45) is 0. The van der Waals surface area contributed by atoms with E-state index in [0.717, 1.165) is 22.3 Å². The molecule has 0 aliphatic heterocycles. The van der Waals surface area contributed by atoms with Crippen LogP contribution in [0.1, 0.15) is 11.1 Å². The van der Waals surface area contributed by atoms with Crippen LogP contribution in [0.2, 0.25) is 0 Å². The Kier molecular flexibility index (Phi) is 1.86. The van der Waals surface area contributed by atoms with Gasteiger partial charge in [-0.15, -0.1) is 0 Å². The molecule has 1 aliphatic rings. The molecule has 0 saturated carbocycles. The fourth-order valence-electron chi connectivity index (χ4n) is 2.24. The van der Waals surface area contributed by atoms with Crippen molar-refractivity contribution in [3.8, 4) is 11.1 Å². The standard InChI is InChI=1S/C13H11N3O/c14-7-1-3-9-10-4-2-8(15)6-12(10)13(16-17)11(9)5-7/h1-6,17H,14-15H2. The Labute approximate surface area is 98.2 Å². The molecule has 0 aromatic heterocycles. The predicted molar refractivity (Wildman–Crippen MR) is 68.1 cm³/mol. The lowest BCUT2D eigenvalue weighted by molar-refractivity contribution is 0.320. The number of hydrogen-bond acceptors (Lipinski definition) is 4. The van der Waals surface area contributed by atoms with Crippen molar-refractivity contribution < 1.29 is 5.21 Å². The summed E-state index contributed by atoms with van der Waals surface area (Å²) in [6.45, 7) is 0. The van der Waals surface area contributed by atoms with Gasteiger partial charge < -0.3 is 16.7 Å². The molecule has 1 aliphatic carbocycles. The molecule has 0 spiro atoms. The molecule has 0 radical (unpaired) electrons. The third-order valence-electron chi connectivity index (χ3n) is 2.99. The fraction of sp³-hybridized carbons (Fsp3) is 0. The van der Waals surface area contributed by atoms with E-state index in [9.17, 15) is 0 Å². The molecule has 2 aromatic rings. The number of nitrogens with zero attached hydrogens (tertiary/aromatic N) is 1. The lowest BCUT2D eigenvalue weighted by Crippen LogP contribution is -1.99. The first-order valence-electron chi connectivity index (χ1n) is 5.23. The number of oxime groups is 1. The SMILES string of the molecule is Nc1ccc2c(c1)C(=NO)c1cc(N)ccc1-2. The van der Waals surface area contributed by atoms with Crippen molar-refractivity contribution in [3.63, 3.8) is 0 Å². The summed E-state index contributed by atoms with van der Waals surface area (Å²) in [5.41, 5.74) is 17.0. The molecule has 0 atom stereocenters. The van der Waals surface area contributed by atoms with Crippen LogP contribution in [0, 0.1) is 0 Å². The van der Waals surface area contributed by atoms with Crippen molar-refractivity contribution in [2.75, 3.05) is 11.5 Å². The molecule has 0 fully saturated rings. The lowest BCUT2D eigenvalue weighted by atomic mass is 10.1. The fourth-order valence-corrected chi connectivity index (χ4v) is 2.24. The van der Waals surface area contributed by atoms with Gasteiger partial charge in [0.05, 0.1) is 0 Å². The maximum Gasteiger partial charge on any atom is 0.118 e. The molecule has 5 N–H and O–H groups in total. The second-order valence-electron chi connectivity index (χ2n) is 4.06. The van der Waals surface area contributed by atoms with Crippen LogP contribution >= 0.6 is 0 Å². The Hall–Kier alpha value is -2.49. The van der Waals surface area contributed by atoms with Crippen molar-refractivity contribution in [2.24, 2.45) is 5.16 Å². The number of anilines is 2. The third-order valence-corrected chi connectivity index (χ3v) is 2.99. The van der Waals surface area contributed by atoms with E-state index < -0.39 is 0 Å². The van der Waals surface area contributed by atoms with E-state index in [2.05, 4.69) is 5.16 Å². The Balaban J connectivity index is 2.37. The van der Waals surface area contributed by atoms with Gasteiger partial charge in [0.25, 0.3) is 0 Å². The molecule has 0 bridgehead atoms. The highest BCUT2D eigenvalue weighted by Gasteiger charge is 2.25. The Morgan fingerprint density at radius 2 is 1.24 bits per heavy atom. The number of rotatable bonds is 0. The van der Waals surface area contributed by atoms with Crippen LogP contribution in [0.4, 0.5) is 11.4 Å². The van der Waals surface area contributed by atoms with E-state index in [0.29, 0.717) is 17.1 Å². The van der Waals surface area contributed by atoms with Gasteiger partial charge in [-0.25, -0.2) is 0 Å². The average Bonchev–Trinajstić information content (AvgIpc) is 2.60. The first-order chi connectivity index (χ1) is 8.20. The number of fused-ring (bicyclic) bond motifs is 3. The van der Waals surface area contributed by atoms with Crippen molar-refractivity contribution in [1.29, 1.82) is 0 Å². The van der Waals surface area contributed by atoms with E-state index in [1.54, 1.807) is 12.1 Å². The van der Waals surface area contributed by atoms with E-state index in [1.807, 2.05) is 24.3 Å². The predicted octanol–water partition coefficient (Wildman–Crippen LogP) is 2.06. The molecule has 4 heteroatoms. The van der Waals surface area contributed by atoms with Gasteiger partial charge in [-0.1, -0.05) is 17.3 Å². The summed E-state index contributed by atoms with van der Waals surface area (Å²) in [7, 11) is 0. The number of nitrogens with two attached hydrogens (primary N) is 2. The normalized spacial score (nSPS) is 12.1. The zero-order chi connectivity index (χ0) is 12.0. The van der Waals surface area contributed by atoms with Crippen LogP contribution in [-0.4, -0.2) is 10.9 Å². The maximum absolute atomic E-state index is 9.15. The monoisotopic (exact) mass is 225 g/mol. The zero-order valence-electron chi connectivity index (χ0n) is 9.01. The Morgan fingerprint density at radius 3 is 1.65 bits per heavy atom. The zero-order valence-corrected chi connectivity index (χ0v) is 9.01. The van der Waals surface area contributed by atoms with Crippen molar-refractivity contribution in [1.82, 2.24) is 0 Å². The first-order valence-corrected chi connectivity index (χ1v) is 5.23. The van der Waals surface area contributed by atoms with Crippen LogP contribution in [0.15, 0.2) is 41.6 Å². The maximum atomic E-state index is 9.15. The van der Waals surface area contributed by atoms with Gasteiger partial charge >= 0.3 is 0 Å². The highest BCUT2D eigenvalue weighted by Crippen LogP contribution is 2.38. The van der Waals surface area contributed by atoms with Crippen LogP contribution in [0.5, 0.6) is 0 Å². The van der Waals surface area contributed by atoms with Crippen LogP contribution in [0.25, 0.3) is 11.1 Å². The first kappa shape index (κ1) is 9.72. The van der Waals surface area contributed by atoms with E-state index >= 15 is 0 Å². The Bertz CT molecular complexity index is 594. The number of benzene rings is 2. The van der Waals surface area contributed by atoms with Gasteiger partial charge in [0.15, 0.2) is 0 Å². The molecule has 0 heterocycles. The molecule has 2 aromatic carbocycles. The third kappa shape index (κ3) is 1.27. The smallest absolute Gasteiger partial charge is 0.118 e. The molecule has 3 rings (SSSR count). The summed E-state index contributed by atoms with van der Waals surface area (Å²) in [5, 5.41) is 12.5. The molecule has 4 nitrogen and oxygen atoms in total. The molecule has 84 valence electrons. The minimum atomic E-state index is 0.523. The topological polar surface area (TPSA) is 84.6 Å². The molecular formula is C13H11N3O. The second kappa shape index (κ2) is 3.25. The lowest BCUT2D eigenvalue weighted by Gasteiger charge is -2.00. The van der Waals surface area contributed by atoms with Crippen LogP contribution in [0.3, 0.4) is 0 Å². The quantitative estimate of drug-likeness (QED) is 0.311. The van der Waals surface area contributed by atoms with Gasteiger partial charge in [-0.3, -0.25) is 0 Å². The molecule has 0 saturated heterocycles.